The molecule has 1 aromatic carbocycles. The van der Waals surface area contributed by atoms with E-state index in [-0.39, 0.29) is 16.8 Å². The highest BCUT2D eigenvalue weighted by atomic mass is 35.5. The molecule has 0 saturated carbocycles. The van der Waals surface area contributed by atoms with Crippen LogP contribution in [-0.2, 0) is 4.79 Å². The van der Waals surface area contributed by atoms with E-state index in [0.717, 1.165) is 22.6 Å². The maximum absolute atomic E-state index is 11.7. The molecule has 1 heterocycles. The maximum Gasteiger partial charge on any atom is 0.291 e. The second kappa shape index (κ2) is 6.40. The Kier molecular flexibility index (Phi) is 4.59. The predicted molar refractivity (Wildman–Crippen MR) is 77.2 cm³/mol. The third-order valence-electron chi connectivity index (χ3n) is 2.22. The number of nitrogens with zero attached hydrogens (tertiary/aromatic N) is 3. The quantitative estimate of drug-likeness (QED) is 0.637. The number of hydrogen-bond donors (Lipinski definition) is 2. The number of thioether (sulfide) groups is 1. The van der Waals surface area contributed by atoms with Crippen molar-refractivity contribution in [3.63, 3.8) is 0 Å². The van der Waals surface area contributed by atoms with Crippen LogP contribution in [0.3, 0.4) is 0 Å². The number of halogens is 1. The van der Waals surface area contributed by atoms with Crippen molar-refractivity contribution < 1.29 is 4.79 Å². The molecule has 0 fully saturated rings. The minimum absolute atomic E-state index is 0.0535. The number of amides is 1. The van der Waals surface area contributed by atoms with Crippen LogP contribution in [-0.4, -0.2) is 26.5 Å². The summed E-state index contributed by atoms with van der Waals surface area (Å²) in [5.74, 6) is 5.27. The molecule has 0 saturated heterocycles. The highest BCUT2D eigenvalue weighted by Gasteiger charge is 2.08. The molecule has 1 amide bonds. The van der Waals surface area contributed by atoms with Gasteiger partial charge in [0.05, 0.1) is 5.75 Å². The van der Waals surface area contributed by atoms with E-state index < -0.39 is 5.56 Å². The lowest BCUT2D eigenvalue weighted by Gasteiger charge is -2.06. The molecule has 9 heteroatoms. The van der Waals surface area contributed by atoms with Crippen LogP contribution in [0.4, 0.5) is 5.69 Å². The first-order valence-corrected chi connectivity index (χ1v) is 6.80. The number of nitrogens with two attached hydrogens (primary N) is 1. The topological polar surface area (TPSA) is 103 Å². The van der Waals surface area contributed by atoms with Crippen LogP contribution >= 0.6 is 23.4 Å². The predicted octanol–water partition coefficient (Wildman–Crippen LogP) is 0.736. The largest absolute Gasteiger partial charge is 0.334 e. The van der Waals surface area contributed by atoms with Crippen LogP contribution in [0.2, 0.25) is 5.02 Å². The molecular formula is C11H10ClN5O2S. The van der Waals surface area contributed by atoms with Crippen molar-refractivity contribution >= 4 is 35.0 Å². The molecule has 0 spiro atoms. The van der Waals surface area contributed by atoms with Crippen LogP contribution in [0.5, 0.6) is 0 Å². The van der Waals surface area contributed by atoms with Gasteiger partial charge in [0.1, 0.15) is 6.20 Å². The zero-order valence-corrected chi connectivity index (χ0v) is 11.7. The molecule has 0 radical (unpaired) electrons. The van der Waals surface area contributed by atoms with E-state index in [4.69, 9.17) is 17.4 Å². The third-order valence-corrected chi connectivity index (χ3v) is 3.41. The number of nitrogens with one attached hydrogen (secondary N) is 1. The van der Waals surface area contributed by atoms with E-state index >= 15 is 0 Å². The number of carbonyl (C=O) groups excluding carboxylic acids is 1. The Hall–Kier alpha value is -2.06. The Morgan fingerprint density at radius 1 is 1.40 bits per heavy atom. The first kappa shape index (κ1) is 14.4. The van der Waals surface area contributed by atoms with E-state index in [1.54, 1.807) is 24.3 Å². The van der Waals surface area contributed by atoms with Crippen LogP contribution < -0.4 is 16.7 Å². The van der Waals surface area contributed by atoms with Crippen LogP contribution in [0.15, 0.2) is 40.4 Å². The van der Waals surface area contributed by atoms with Crippen molar-refractivity contribution in [2.75, 3.05) is 16.9 Å². The average Bonchev–Trinajstić information content (AvgIpc) is 2.43. The summed E-state index contributed by atoms with van der Waals surface area (Å²) in [6.45, 7) is 0. The van der Waals surface area contributed by atoms with Gasteiger partial charge in [-0.1, -0.05) is 23.4 Å². The Balaban J connectivity index is 1.94. The number of benzene rings is 1. The van der Waals surface area contributed by atoms with E-state index in [9.17, 15) is 9.59 Å². The first-order valence-electron chi connectivity index (χ1n) is 5.44. The number of rotatable bonds is 4. The molecule has 0 unspecified atom stereocenters. The van der Waals surface area contributed by atoms with Gasteiger partial charge in [0, 0.05) is 10.7 Å². The van der Waals surface area contributed by atoms with Gasteiger partial charge in [0.2, 0.25) is 11.1 Å². The third kappa shape index (κ3) is 3.72. The fourth-order valence-electron chi connectivity index (χ4n) is 1.29. The Morgan fingerprint density at radius 3 is 2.80 bits per heavy atom. The van der Waals surface area contributed by atoms with Crippen molar-refractivity contribution in [2.45, 2.75) is 5.16 Å². The Bertz CT molecular complexity index is 673. The number of aromatic nitrogens is 3. The van der Waals surface area contributed by atoms with Gasteiger partial charge < -0.3 is 11.2 Å². The normalized spacial score (nSPS) is 10.2. The van der Waals surface area contributed by atoms with Crippen molar-refractivity contribution in [1.29, 1.82) is 0 Å². The lowest BCUT2D eigenvalue weighted by molar-refractivity contribution is -0.113. The molecule has 2 aromatic rings. The lowest BCUT2D eigenvalue weighted by Crippen LogP contribution is -2.30. The highest BCUT2D eigenvalue weighted by molar-refractivity contribution is 7.99. The van der Waals surface area contributed by atoms with Crippen LogP contribution in [0, 0.1) is 0 Å². The summed E-state index contributed by atoms with van der Waals surface area (Å²) in [4.78, 5) is 22.9. The highest BCUT2D eigenvalue weighted by Crippen LogP contribution is 2.15. The molecule has 7 nitrogen and oxygen atoms in total. The van der Waals surface area contributed by atoms with Gasteiger partial charge in [-0.3, -0.25) is 9.59 Å². The SMILES string of the molecule is Nn1c(SCC(=O)Nc2ccc(Cl)cc2)nncc1=O. The van der Waals surface area contributed by atoms with Crippen molar-refractivity contribution in [3.8, 4) is 0 Å². The first-order chi connectivity index (χ1) is 9.56. The number of hydrogen-bond acceptors (Lipinski definition) is 6. The zero-order valence-electron chi connectivity index (χ0n) is 10.1. The molecule has 20 heavy (non-hydrogen) atoms. The molecule has 0 aliphatic rings. The molecular weight excluding hydrogens is 302 g/mol. The summed E-state index contributed by atoms with van der Waals surface area (Å²) in [5.41, 5.74) is 0.143. The minimum atomic E-state index is -0.486. The molecule has 0 aliphatic carbocycles. The van der Waals surface area contributed by atoms with E-state index in [0.29, 0.717) is 10.7 Å². The van der Waals surface area contributed by atoms with E-state index in [1.165, 1.54) is 0 Å². The summed E-state index contributed by atoms with van der Waals surface area (Å²) < 4.78 is 0.841. The van der Waals surface area contributed by atoms with Crippen LogP contribution in [0.1, 0.15) is 0 Å². The minimum Gasteiger partial charge on any atom is -0.334 e. The second-order valence-corrected chi connectivity index (χ2v) is 5.06. The smallest absolute Gasteiger partial charge is 0.291 e. The molecule has 2 rings (SSSR count). The van der Waals surface area contributed by atoms with Gasteiger partial charge in [-0.2, -0.15) is 9.77 Å². The number of carbonyl (C=O) groups is 1. The maximum atomic E-state index is 11.7. The van der Waals surface area contributed by atoms with Crippen molar-refractivity contribution in [2.24, 2.45) is 0 Å². The van der Waals surface area contributed by atoms with Gasteiger partial charge in [0.25, 0.3) is 5.56 Å². The summed E-state index contributed by atoms with van der Waals surface area (Å²) in [5, 5.41) is 10.6. The number of anilines is 1. The second-order valence-electron chi connectivity index (χ2n) is 3.68. The molecule has 0 aliphatic heterocycles. The summed E-state index contributed by atoms with van der Waals surface area (Å²) >= 11 is 6.76. The summed E-state index contributed by atoms with van der Waals surface area (Å²) in [7, 11) is 0. The van der Waals surface area contributed by atoms with Gasteiger partial charge in [-0.05, 0) is 24.3 Å². The van der Waals surface area contributed by atoms with Gasteiger partial charge >= 0.3 is 0 Å². The molecule has 0 atom stereocenters. The van der Waals surface area contributed by atoms with Crippen LogP contribution in [0.25, 0.3) is 0 Å². The summed E-state index contributed by atoms with van der Waals surface area (Å²) in [6, 6.07) is 6.72. The molecule has 0 bridgehead atoms. The standard InChI is InChI=1S/C11H10ClN5O2S/c12-7-1-3-8(4-2-7)15-9(18)6-20-11-16-14-5-10(19)17(11)13/h1-5H,6,13H2,(H,15,18). The van der Waals surface area contributed by atoms with E-state index in [2.05, 4.69) is 15.5 Å². The van der Waals surface area contributed by atoms with Gasteiger partial charge in [-0.25, -0.2) is 0 Å². The Labute approximate surface area is 123 Å². The summed E-state index contributed by atoms with van der Waals surface area (Å²) in [6.07, 6.45) is 0.998. The fourth-order valence-corrected chi connectivity index (χ4v) is 2.08. The van der Waals surface area contributed by atoms with E-state index in [1.807, 2.05) is 0 Å². The molecule has 104 valence electrons. The monoisotopic (exact) mass is 311 g/mol. The van der Waals surface area contributed by atoms with Crippen molar-refractivity contribution in [3.05, 3.63) is 45.8 Å². The van der Waals surface area contributed by atoms with Crippen molar-refractivity contribution in [1.82, 2.24) is 14.9 Å². The average molecular weight is 312 g/mol. The van der Waals surface area contributed by atoms with Gasteiger partial charge in [0.15, 0.2) is 0 Å². The fraction of sp³-hybridized carbons (Fsp3) is 0.0909. The number of nitrogen functional groups attached to an aromatic ring is 1. The molecule has 1 aromatic heterocycles. The lowest BCUT2D eigenvalue weighted by atomic mass is 10.3. The Morgan fingerprint density at radius 2 is 2.10 bits per heavy atom. The molecule has 3 N–H and O–H groups in total. The zero-order chi connectivity index (χ0) is 14.5. The van der Waals surface area contributed by atoms with Gasteiger partial charge in [-0.15, -0.1) is 5.10 Å².